The van der Waals surface area contributed by atoms with Gasteiger partial charge in [-0.15, -0.1) is 0 Å². The van der Waals surface area contributed by atoms with Gasteiger partial charge in [0.1, 0.15) is 17.0 Å². The molecule has 0 aliphatic heterocycles. The van der Waals surface area contributed by atoms with Gasteiger partial charge in [0.2, 0.25) is 0 Å². The number of nitrogens with zero attached hydrogens (tertiary/aromatic N) is 4. The van der Waals surface area contributed by atoms with E-state index in [1.165, 1.54) is 0 Å². The molecule has 1 amide bonds. The van der Waals surface area contributed by atoms with Gasteiger partial charge in [-0.1, -0.05) is 49.7 Å². The summed E-state index contributed by atoms with van der Waals surface area (Å²) in [6.07, 6.45) is 3.64. The average Bonchev–Trinajstić information content (AvgIpc) is 3.09. The van der Waals surface area contributed by atoms with Crippen LogP contribution in [0.25, 0.3) is 16.7 Å². The molecule has 0 radical (unpaired) electrons. The Hall–Kier alpha value is -3.41. The molecule has 0 atom stereocenters. The number of amides is 1. The fourth-order valence-electron chi connectivity index (χ4n) is 3.80. The molecule has 154 valence electrons. The molecule has 0 N–H and O–H groups in total. The van der Waals surface area contributed by atoms with Crippen LogP contribution in [0.4, 0.5) is 0 Å². The average molecular weight is 402 g/mol. The summed E-state index contributed by atoms with van der Waals surface area (Å²) in [6, 6.07) is 15.4. The van der Waals surface area contributed by atoms with Crippen molar-refractivity contribution in [3.8, 4) is 0 Å². The largest absolute Gasteiger partial charge is 0.333 e. The van der Waals surface area contributed by atoms with E-state index in [1.807, 2.05) is 54.3 Å². The first-order valence-electron chi connectivity index (χ1n) is 10.3. The van der Waals surface area contributed by atoms with E-state index in [0.717, 1.165) is 24.0 Å². The van der Waals surface area contributed by atoms with Gasteiger partial charge < -0.3 is 9.47 Å². The van der Waals surface area contributed by atoms with Gasteiger partial charge in [-0.05, 0) is 36.6 Å². The molecular formula is C24H26N4O2. The van der Waals surface area contributed by atoms with Crippen LogP contribution >= 0.6 is 0 Å². The minimum absolute atomic E-state index is 0.0852. The van der Waals surface area contributed by atoms with Crippen LogP contribution in [0.3, 0.4) is 0 Å². The van der Waals surface area contributed by atoms with Crippen molar-refractivity contribution in [3.05, 3.63) is 81.9 Å². The van der Waals surface area contributed by atoms with Gasteiger partial charge in [0, 0.05) is 26.3 Å². The number of hydrogen-bond donors (Lipinski definition) is 0. The third-order valence-electron chi connectivity index (χ3n) is 5.53. The first kappa shape index (κ1) is 19.9. The van der Waals surface area contributed by atoms with Crippen LogP contribution in [-0.4, -0.2) is 31.3 Å². The summed E-state index contributed by atoms with van der Waals surface area (Å²) < 4.78 is 3.29. The lowest BCUT2D eigenvalue weighted by molar-refractivity contribution is 0.0731. The highest BCUT2D eigenvalue weighted by atomic mass is 16.2. The minimum atomic E-state index is -0.156. The number of aryl methyl sites for hydroxylation is 2. The zero-order valence-electron chi connectivity index (χ0n) is 17.6. The molecule has 3 aromatic heterocycles. The van der Waals surface area contributed by atoms with Gasteiger partial charge in [0.25, 0.3) is 11.5 Å². The predicted octanol–water partition coefficient (Wildman–Crippen LogP) is 3.94. The van der Waals surface area contributed by atoms with Gasteiger partial charge >= 0.3 is 0 Å². The summed E-state index contributed by atoms with van der Waals surface area (Å²) in [6.45, 7) is 5.24. The molecular weight excluding hydrogens is 376 g/mol. The lowest BCUT2D eigenvalue weighted by Gasteiger charge is -2.23. The van der Waals surface area contributed by atoms with Crippen molar-refractivity contribution in [2.75, 3.05) is 6.54 Å². The van der Waals surface area contributed by atoms with E-state index in [-0.39, 0.29) is 11.5 Å². The molecule has 6 nitrogen and oxygen atoms in total. The maximum Gasteiger partial charge on any atom is 0.270 e. The monoisotopic (exact) mass is 402 g/mol. The third-order valence-corrected chi connectivity index (χ3v) is 5.53. The lowest BCUT2D eigenvalue weighted by atomic mass is 10.2. The molecule has 4 aromatic rings. The van der Waals surface area contributed by atoms with E-state index >= 15 is 0 Å². The zero-order valence-corrected chi connectivity index (χ0v) is 17.6. The van der Waals surface area contributed by atoms with Crippen LogP contribution in [0.2, 0.25) is 0 Å². The molecule has 6 heteroatoms. The van der Waals surface area contributed by atoms with Crippen molar-refractivity contribution < 1.29 is 4.79 Å². The second-order valence-electron chi connectivity index (χ2n) is 7.69. The van der Waals surface area contributed by atoms with Crippen molar-refractivity contribution in [2.45, 2.75) is 33.2 Å². The molecule has 3 heterocycles. The number of aromatic nitrogens is 3. The number of fused-ring (bicyclic) bond motifs is 2. The van der Waals surface area contributed by atoms with Crippen LogP contribution in [0.15, 0.2) is 59.5 Å². The molecule has 0 aliphatic carbocycles. The molecule has 0 saturated carbocycles. The normalized spacial score (nSPS) is 11.3. The van der Waals surface area contributed by atoms with Gasteiger partial charge in [0.15, 0.2) is 0 Å². The van der Waals surface area contributed by atoms with Gasteiger partial charge in [-0.3, -0.25) is 14.0 Å². The SMILES string of the molecule is CCCCN(Cc1ccccc1)C(=O)c1cc2c(=O)n3cccc(C)c3nc2n1C. The molecule has 30 heavy (non-hydrogen) atoms. The number of hydrogen-bond acceptors (Lipinski definition) is 3. The second-order valence-corrected chi connectivity index (χ2v) is 7.69. The number of benzene rings is 1. The fraction of sp³-hybridized carbons (Fsp3) is 0.292. The molecule has 0 aliphatic rings. The van der Waals surface area contributed by atoms with Gasteiger partial charge in [-0.2, -0.15) is 0 Å². The van der Waals surface area contributed by atoms with E-state index < -0.39 is 0 Å². The number of carbonyl (C=O) groups excluding carboxylic acids is 1. The molecule has 0 unspecified atom stereocenters. The van der Waals surface area contributed by atoms with Crippen LogP contribution in [0, 0.1) is 6.92 Å². The van der Waals surface area contributed by atoms with E-state index in [4.69, 9.17) is 4.98 Å². The summed E-state index contributed by atoms with van der Waals surface area (Å²) in [5, 5.41) is 0.458. The standard InChI is InChI=1S/C24H26N4O2/c1-4-5-13-27(16-18-11-7-6-8-12-18)24(30)20-15-19-22(26(20)3)25-21-17(2)10-9-14-28(21)23(19)29/h6-12,14-15H,4-5,13,16H2,1-3H3. The Bertz CT molecular complexity index is 1270. The Morgan fingerprint density at radius 2 is 1.87 bits per heavy atom. The van der Waals surface area contributed by atoms with Crippen LogP contribution in [0.1, 0.15) is 41.4 Å². The van der Waals surface area contributed by atoms with Crippen molar-refractivity contribution in [1.82, 2.24) is 18.9 Å². The van der Waals surface area contributed by atoms with Crippen LogP contribution in [0.5, 0.6) is 0 Å². The van der Waals surface area contributed by atoms with Gasteiger partial charge in [0.05, 0.1) is 5.39 Å². The Balaban J connectivity index is 1.80. The maximum absolute atomic E-state index is 13.5. The zero-order chi connectivity index (χ0) is 21.3. The van der Waals surface area contributed by atoms with Crippen LogP contribution in [-0.2, 0) is 13.6 Å². The van der Waals surface area contributed by atoms with E-state index in [0.29, 0.717) is 35.5 Å². The highest BCUT2D eigenvalue weighted by Crippen LogP contribution is 2.19. The molecule has 0 saturated heterocycles. The Morgan fingerprint density at radius 3 is 2.60 bits per heavy atom. The highest BCUT2D eigenvalue weighted by Gasteiger charge is 2.22. The number of unbranched alkanes of at least 4 members (excludes halogenated alkanes) is 1. The summed E-state index contributed by atoms with van der Waals surface area (Å²) in [5.41, 5.74) is 3.47. The number of rotatable bonds is 6. The topological polar surface area (TPSA) is 59.6 Å². The maximum atomic E-state index is 13.5. The Kier molecular flexibility index (Phi) is 5.40. The molecule has 4 rings (SSSR count). The van der Waals surface area contributed by atoms with Crippen molar-refractivity contribution in [3.63, 3.8) is 0 Å². The fourth-order valence-corrected chi connectivity index (χ4v) is 3.80. The number of carbonyl (C=O) groups is 1. The van der Waals surface area contributed by atoms with E-state index in [9.17, 15) is 9.59 Å². The molecule has 0 bridgehead atoms. The molecule has 0 fully saturated rings. The predicted molar refractivity (Wildman–Crippen MR) is 119 cm³/mol. The summed E-state index contributed by atoms with van der Waals surface area (Å²) >= 11 is 0. The minimum Gasteiger partial charge on any atom is -0.333 e. The summed E-state index contributed by atoms with van der Waals surface area (Å²) in [4.78, 5) is 33.1. The van der Waals surface area contributed by atoms with Crippen LogP contribution < -0.4 is 5.56 Å². The van der Waals surface area contributed by atoms with E-state index in [1.54, 1.807) is 28.3 Å². The van der Waals surface area contributed by atoms with Crippen molar-refractivity contribution in [2.24, 2.45) is 7.05 Å². The summed E-state index contributed by atoms with van der Waals surface area (Å²) in [7, 11) is 1.80. The third kappa shape index (κ3) is 3.49. The second kappa shape index (κ2) is 8.14. The molecule has 0 spiro atoms. The first-order chi connectivity index (χ1) is 14.5. The summed E-state index contributed by atoms with van der Waals surface area (Å²) in [5.74, 6) is -0.0852. The molecule has 1 aromatic carbocycles. The van der Waals surface area contributed by atoms with Crippen molar-refractivity contribution >= 4 is 22.6 Å². The smallest absolute Gasteiger partial charge is 0.270 e. The highest BCUT2D eigenvalue weighted by molar-refractivity contribution is 5.98. The Morgan fingerprint density at radius 1 is 1.10 bits per heavy atom. The Labute approximate surface area is 175 Å². The quantitative estimate of drug-likeness (QED) is 0.491. The first-order valence-corrected chi connectivity index (χ1v) is 10.3. The van der Waals surface area contributed by atoms with E-state index in [2.05, 4.69) is 6.92 Å². The van der Waals surface area contributed by atoms with Crippen molar-refractivity contribution in [1.29, 1.82) is 0 Å². The van der Waals surface area contributed by atoms with Gasteiger partial charge in [-0.25, -0.2) is 4.98 Å². The number of pyridine rings is 1. The lowest BCUT2D eigenvalue weighted by Crippen LogP contribution is -2.32.